The lowest BCUT2D eigenvalue weighted by atomic mass is 10.3. The summed E-state index contributed by atoms with van der Waals surface area (Å²) in [6, 6.07) is 3.45. The predicted molar refractivity (Wildman–Crippen MR) is 66.9 cm³/mol. The number of hydrogen-bond donors (Lipinski definition) is 3. The van der Waals surface area contributed by atoms with Crippen LogP contribution in [0.5, 0.6) is 0 Å². The highest BCUT2D eigenvalue weighted by molar-refractivity contribution is 7.99. The maximum Gasteiger partial charge on any atom is 0.252 e. The van der Waals surface area contributed by atoms with Gasteiger partial charge >= 0.3 is 0 Å². The van der Waals surface area contributed by atoms with Crippen LogP contribution in [-0.2, 0) is 0 Å². The summed E-state index contributed by atoms with van der Waals surface area (Å²) in [6.45, 7) is 0.793. The van der Waals surface area contributed by atoms with E-state index < -0.39 is 0 Å². The molecule has 17 heavy (non-hydrogen) atoms. The fraction of sp³-hybridized carbons (Fsp3) is 0.455. The van der Waals surface area contributed by atoms with Crippen molar-refractivity contribution in [2.45, 2.75) is 6.42 Å². The number of carbonyl (C=O) groups is 1. The van der Waals surface area contributed by atoms with Gasteiger partial charge in [-0.3, -0.25) is 4.79 Å². The van der Waals surface area contributed by atoms with Gasteiger partial charge in [-0.2, -0.15) is 17.0 Å². The Labute approximate surface area is 104 Å². The highest BCUT2D eigenvalue weighted by Crippen LogP contribution is 2.03. The fourth-order valence-electron chi connectivity index (χ4n) is 1.20. The van der Waals surface area contributed by atoms with E-state index in [1.807, 2.05) is 6.07 Å². The van der Waals surface area contributed by atoms with Crippen molar-refractivity contribution in [3.05, 3.63) is 23.5 Å². The normalized spacial score (nSPS) is 9.88. The number of nitrogens with zero attached hydrogens (tertiary/aromatic N) is 1. The zero-order valence-corrected chi connectivity index (χ0v) is 10.2. The smallest absolute Gasteiger partial charge is 0.252 e. The molecule has 0 fully saturated rings. The third kappa shape index (κ3) is 4.93. The maximum atomic E-state index is 11.6. The number of rotatable bonds is 7. The van der Waals surface area contributed by atoms with E-state index in [0.29, 0.717) is 17.8 Å². The summed E-state index contributed by atoms with van der Waals surface area (Å²) in [4.78, 5) is 14.3. The Balaban J connectivity index is 2.19. The maximum absolute atomic E-state index is 11.6. The summed E-state index contributed by atoms with van der Waals surface area (Å²) in [6.07, 6.45) is 2.30. The number of aliphatic hydroxyl groups is 1. The molecule has 1 aromatic rings. The minimum atomic E-state index is -0.175. The van der Waals surface area contributed by atoms with Gasteiger partial charge in [0.15, 0.2) is 0 Å². The molecular weight excluding hydrogens is 238 g/mol. The van der Waals surface area contributed by atoms with Gasteiger partial charge in [0, 0.05) is 25.1 Å². The molecule has 0 atom stereocenters. The molecule has 1 aromatic heterocycles. The molecule has 0 spiro atoms. The average molecular weight is 253 g/mol. The second-order valence-electron chi connectivity index (χ2n) is 3.36. The number of aromatic nitrogens is 1. The second-order valence-corrected chi connectivity index (χ2v) is 4.58. The number of hydrogen-bond acceptors (Lipinski definition) is 4. The zero-order chi connectivity index (χ0) is 12.5. The Morgan fingerprint density at radius 1 is 1.59 bits per heavy atom. The van der Waals surface area contributed by atoms with Crippen LogP contribution < -0.4 is 5.32 Å². The van der Waals surface area contributed by atoms with E-state index in [4.69, 9.17) is 10.4 Å². The van der Waals surface area contributed by atoms with Gasteiger partial charge in [0.1, 0.15) is 11.8 Å². The molecule has 1 rings (SSSR count). The number of thioether (sulfide) groups is 1. The van der Waals surface area contributed by atoms with E-state index in [1.165, 1.54) is 12.3 Å². The van der Waals surface area contributed by atoms with Crippen LogP contribution >= 0.6 is 11.8 Å². The van der Waals surface area contributed by atoms with Gasteiger partial charge in [-0.25, -0.2) is 0 Å². The first-order valence-corrected chi connectivity index (χ1v) is 6.48. The Morgan fingerprint density at radius 3 is 3.06 bits per heavy atom. The van der Waals surface area contributed by atoms with Gasteiger partial charge in [0.2, 0.25) is 0 Å². The first kappa shape index (κ1) is 13.6. The third-order valence-corrected chi connectivity index (χ3v) is 3.11. The summed E-state index contributed by atoms with van der Waals surface area (Å²) in [7, 11) is 0. The van der Waals surface area contributed by atoms with Gasteiger partial charge in [0.25, 0.3) is 5.91 Å². The largest absolute Gasteiger partial charge is 0.396 e. The number of nitrogens with one attached hydrogen (secondary N) is 2. The Morgan fingerprint density at radius 2 is 2.41 bits per heavy atom. The van der Waals surface area contributed by atoms with Gasteiger partial charge < -0.3 is 15.4 Å². The molecule has 5 nitrogen and oxygen atoms in total. The van der Waals surface area contributed by atoms with Gasteiger partial charge in [-0.15, -0.1) is 0 Å². The molecule has 0 unspecified atom stereocenters. The number of aromatic amines is 1. The molecule has 0 radical (unpaired) electrons. The van der Waals surface area contributed by atoms with Crippen molar-refractivity contribution in [3.8, 4) is 6.07 Å². The van der Waals surface area contributed by atoms with Crippen molar-refractivity contribution < 1.29 is 9.90 Å². The van der Waals surface area contributed by atoms with Crippen molar-refractivity contribution in [2.75, 3.05) is 24.7 Å². The minimum Gasteiger partial charge on any atom is -0.396 e. The van der Waals surface area contributed by atoms with Crippen LogP contribution in [0, 0.1) is 11.3 Å². The molecule has 1 amide bonds. The molecule has 0 aliphatic rings. The number of aliphatic hydroxyl groups excluding tert-OH is 1. The SMILES string of the molecule is N#Cc1cc(C(=O)NCCSCCCO)c[nH]1. The lowest BCUT2D eigenvalue weighted by Gasteiger charge is -2.03. The first-order chi connectivity index (χ1) is 8.27. The molecule has 0 saturated heterocycles. The Bertz CT molecular complexity index is 398. The summed E-state index contributed by atoms with van der Waals surface area (Å²) >= 11 is 1.69. The topological polar surface area (TPSA) is 88.9 Å². The lowest BCUT2D eigenvalue weighted by molar-refractivity contribution is 0.0956. The minimum absolute atomic E-state index is 0.175. The van der Waals surface area contributed by atoms with Crippen molar-refractivity contribution >= 4 is 17.7 Å². The van der Waals surface area contributed by atoms with Crippen LogP contribution in [0.1, 0.15) is 22.5 Å². The van der Waals surface area contributed by atoms with Crippen LogP contribution in [0.2, 0.25) is 0 Å². The Hall–Kier alpha value is -1.45. The fourth-order valence-corrected chi connectivity index (χ4v) is 1.98. The van der Waals surface area contributed by atoms with Crippen LogP contribution in [0.4, 0.5) is 0 Å². The van der Waals surface area contributed by atoms with Crippen molar-refractivity contribution in [1.29, 1.82) is 5.26 Å². The highest BCUT2D eigenvalue weighted by atomic mass is 32.2. The standard InChI is InChI=1S/C11H15N3O2S/c12-7-10-6-9(8-14-10)11(16)13-2-5-17-4-1-3-15/h6,8,14-15H,1-5H2,(H,13,16). The number of carbonyl (C=O) groups excluding carboxylic acids is 1. The lowest BCUT2D eigenvalue weighted by Crippen LogP contribution is -2.25. The van der Waals surface area contributed by atoms with E-state index in [1.54, 1.807) is 11.8 Å². The zero-order valence-electron chi connectivity index (χ0n) is 9.40. The summed E-state index contributed by atoms with van der Waals surface area (Å²) in [5, 5.41) is 19.9. The Kier molecular flexibility index (Phi) is 6.22. The van der Waals surface area contributed by atoms with E-state index >= 15 is 0 Å². The van der Waals surface area contributed by atoms with Crippen molar-refractivity contribution in [3.63, 3.8) is 0 Å². The van der Waals surface area contributed by atoms with Crippen LogP contribution in [0.3, 0.4) is 0 Å². The molecule has 0 bridgehead atoms. The number of H-pyrrole nitrogens is 1. The van der Waals surface area contributed by atoms with Crippen molar-refractivity contribution in [2.24, 2.45) is 0 Å². The molecule has 0 aliphatic carbocycles. The number of nitriles is 1. The highest BCUT2D eigenvalue weighted by Gasteiger charge is 2.06. The van der Waals surface area contributed by atoms with Gasteiger partial charge in [-0.1, -0.05) is 0 Å². The van der Waals surface area contributed by atoms with E-state index in [9.17, 15) is 4.79 Å². The monoisotopic (exact) mass is 253 g/mol. The van der Waals surface area contributed by atoms with Gasteiger partial charge in [-0.05, 0) is 18.2 Å². The third-order valence-electron chi connectivity index (χ3n) is 2.04. The summed E-state index contributed by atoms with van der Waals surface area (Å²) in [5.74, 6) is 1.54. The van der Waals surface area contributed by atoms with Crippen LogP contribution in [0.25, 0.3) is 0 Å². The van der Waals surface area contributed by atoms with E-state index in [0.717, 1.165) is 17.9 Å². The number of amides is 1. The average Bonchev–Trinajstić information content (AvgIpc) is 2.82. The summed E-state index contributed by atoms with van der Waals surface area (Å²) < 4.78 is 0. The van der Waals surface area contributed by atoms with Crippen LogP contribution in [0.15, 0.2) is 12.3 Å². The quantitative estimate of drug-likeness (QED) is 0.625. The molecule has 0 aliphatic heterocycles. The van der Waals surface area contributed by atoms with Gasteiger partial charge in [0.05, 0.1) is 5.56 Å². The van der Waals surface area contributed by atoms with E-state index in [-0.39, 0.29) is 12.5 Å². The molecular formula is C11H15N3O2S. The first-order valence-electron chi connectivity index (χ1n) is 5.33. The van der Waals surface area contributed by atoms with Crippen LogP contribution in [-0.4, -0.2) is 40.7 Å². The molecule has 6 heteroatoms. The molecule has 0 saturated carbocycles. The molecule has 1 heterocycles. The summed E-state index contributed by atoms with van der Waals surface area (Å²) in [5.41, 5.74) is 0.856. The molecule has 0 aromatic carbocycles. The molecule has 3 N–H and O–H groups in total. The van der Waals surface area contributed by atoms with Crippen molar-refractivity contribution in [1.82, 2.24) is 10.3 Å². The second kappa shape index (κ2) is 7.76. The predicted octanol–water partition coefficient (Wildman–Crippen LogP) is 0.732. The van der Waals surface area contributed by atoms with E-state index in [2.05, 4.69) is 10.3 Å². The molecule has 92 valence electrons.